The van der Waals surface area contributed by atoms with Gasteiger partial charge in [-0.15, -0.1) is 0 Å². The summed E-state index contributed by atoms with van der Waals surface area (Å²) in [6.45, 7) is 3.58. The lowest BCUT2D eigenvalue weighted by Gasteiger charge is -2.19. The van der Waals surface area contributed by atoms with Crippen LogP contribution in [0.15, 0.2) is 122 Å². The van der Waals surface area contributed by atoms with Crippen LogP contribution in [0.5, 0.6) is 0 Å². The number of ether oxygens (including phenoxy) is 2. The zero-order valence-corrected chi connectivity index (χ0v) is 47.2. The summed E-state index contributed by atoms with van der Waals surface area (Å²) in [7, 11) is -4.41. The number of carbonyl (C=O) groups is 2. The van der Waals surface area contributed by atoms with Crippen LogP contribution in [-0.4, -0.2) is 49.3 Å². The Morgan fingerprint density at radius 1 is 0.425 bits per heavy atom. The molecular formula is C63H106NO8P. The summed E-state index contributed by atoms with van der Waals surface area (Å²) in [5.74, 6) is -0.874. The molecule has 0 rings (SSSR count). The molecule has 0 aliphatic carbocycles. The number of phosphoric ester groups is 1. The van der Waals surface area contributed by atoms with E-state index in [-0.39, 0.29) is 32.6 Å². The molecule has 0 spiro atoms. The second-order valence-electron chi connectivity index (χ2n) is 18.8. The molecule has 0 saturated carbocycles. The fourth-order valence-corrected chi connectivity index (χ4v) is 8.33. The third-order valence-electron chi connectivity index (χ3n) is 11.8. The summed E-state index contributed by atoms with van der Waals surface area (Å²) < 4.78 is 33.0. The fraction of sp³-hybridized carbons (Fsp3) is 0.651. The van der Waals surface area contributed by atoms with Gasteiger partial charge in [0.15, 0.2) is 6.10 Å². The standard InChI is InChI=1S/C63H106NO8P/c1-3-5-7-9-11-13-15-17-19-21-23-25-26-27-28-29-30-31-32-33-34-36-38-40-42-44-46-48-50-52-54-56-63(66)72-61(60-71-73(67,68)70-58-57-64)59-69-62(65)55-53-51-49-47-45-43-41-39-37-35-24-22-20-18-16-14-12-10-8-6-4-2/h5,7,11,13,17,19,22-25,27-28,30-31,33-34,38,40,44,46,61H,3-4,6,8-10,12,14-16,18,20-21,26,29,32,35-37,39,41-43,45,47-60,64H2,1-2H3,(H,67,68)/b7-5-,13-11-,19-17-,24-22-,25-23-,28-27-,31-30-,34-33-,40-38-,46-44-. The number of nitrogens with two attached hydrogens (primary N) is 1. The second-order valence-corrected chi connectivity index (χ2v) is 20.2. The molecule has 0 fully saturated rings. The topological polar surface area (TPSA) is 134 Å². The zero-order chi connectivity index (χ0) is 53.1. The molecule has 0 saturated heterocycles. The third kappa shape index (κ3) is 57.5. The molecule has 2 atom stereocenters. The summed E-state index contributed by atoms with van der Waals surface area (Å²) in [5, 5.41) is 0. The van der Waals surface area contributed by atoms with Gasteiger partial charge in [-0.3, -0.25) is 18.6 Å². The van der Waals surface area contributed by atoms with Crippen LogP contribution in [0, 0.1) is 0 Å². The van der Waals surface area contributed by atoms with Gasteiger partial charge >= 0.3 is 19.8 Å². The van der Waals surface area contributed by atoms with Gasteiger partial charge in [0.25, 0.3) is 0 Å². The molecule has 0 heterocycles. The van der Waals surface area contributed by atoms with Gasteiger partial charge in [-0.1, -0.05) is 232 Å². The van der Waals surface area contributed by atoms with E-state index in [1.807, 2.05) is 0 Å². The molecule has 0 amide bonds. The highest BCUT2D eigenvalue weighted by Gasteiger charge is 2.26. The molecule has 10 heteroatoms. The summed E-state index contributed by atoms with van der Waals surface area (Å²) in [6.07, 6.45) is 79.6. The van der Waals surface area contributed by atoms with Crippen LogP contribution in [-0.2, 0) is 32.7 Å². The van der Waals surface area contributed by atoms with Gasteiger partial charge in [-0.25, -0.2) is 4.57 Å². The molecule has 9 nitrogen and oxygen atoms in total. The van der Waals surface area contributed by atoms with Gasteiger partial charge in [-0.2, -0.15) is 0 Å². The van der Waals surface area contributed by atoms with Crippen LogP contribution >= 0.6 is 7.82 Å². The van der Waals surface area contributed by atoms with E-state index in [9.17, 15) is 19.0 Å². The van der Waals surface area contributed by atoms with E-state index in [1.54, 1.807) is 0 Å². The van der Waals surface area contributed by atoms with Crippen molar-refractivity contribution in [3.05, 3.63) is 122 Å². The molecule has 0 aromatic carbocycles. The van der Waals surface area contributed by atoms with Crippen molar-refractivity contribution < 1.29 is 37.6 Å². The molecule has 416 valence electrons. The molecule has 0 aliphatic heterocycles. The van der Waals surface area contributed by atoms with E-state index in [0.29, 0.717) is 6.42 Å². The quantitative estimate of drug-likeness (QED) is 0.0264. The highest BCUT2D eigenvalue weighted by atomic mass is 31.2. The number of carbonyl (C=O) groups excluding carboxylic acids is 2. The van der Waals surface area contributed by atoms with Crippen molar-refractivity contribution in [3.63, 3.8) is 0 Å². The first kappa shape index (κ1) is 69.4. The van der Waals surface area contributed by atoms with Crippen molar-refractivity contribution in [1.82, 2.24) is 0 Å². The van der Waals surface area contributed by atoms with Crippen LogP contribution in [0.2, 0.25) is 0 Å². The normalized spacial score (nSPS) is 14.0. The van der Waals surface area contributed by atoms with E-state index in [1.165, 1.54) is 96.3 Å². The van der Waals surface area contributed by atoms with Crippen molar-refractivity contribution in [3.8, 4) is 0 Å². The minimum atomic E-state index is -4.41. The first-order valence-electron chi connectivity index (χ1n) is 29.0. The Kier molecular flexibility index (Phi) is 54.8. The lowest BCUT2D eigenvalue weighted by Crippen LogP contribution is -2.29. The third-order valence-corrected chi connectivity index (χ3v) is 12.8. The zero-order valence-electron chi connectivity index (χ0n) is 46.3. The van der Waals surface area contributed by atoms with Gasteiger partial charge in [0.05, 0.1) is 13.2 Å². The first-order chi connectivity index (χ1) is 35.8. The highest BCUT2D eigenvalue weighted by Crippen LogP contribution is 2.43. The Labute approximate surface area is 447 Å². The van der Waals surface area contributed by atoms with E-state index in [4.69, 9.17) is 24.3 Å². The van der Waals surface area contributed by atoms with Gasteiger partial charge < -0.3 is 20.1 Å². The molecule has 0 aromatic rings. The van der Waals surface area contributed by atoms with E-state index < -0.39 is 32.5 Å². The van der Waals surface area contributed by atoms with Crippen LogP contribution in [0.1, 0.15) is 232 Å². The maximum absolute atomic E-state index is 12.7. The predicted molar refractivity (Wildman–Crippen MR) is 311 cm³/mol. The Bertz CT molecular complexity index is 1600. The molecular weight excluding hydrogens is 930 g/mol. The molecule has 2 unspecified atom stereocenters. The van der Waals surface area contributed by atoms with E-state index in [0.717, 1.165) is 103 Å². The Balaban J connectivity index is 4.11. The second kappa shape index (κ2) is 57.7. The number of allylic oxidation sites excluding steroid dienone is 20. The van der Waals surface area contributed by atoms with Crippen molar-refractivity contribution in [2.75, 3.05) is 26.4 Å². The van der Waals surface area contributed by atoms with Crippen LogP contribution in [0.4, 0.5) is 0 Å². The van der Waals surface area contributed by atoms with Crippen LogP contribution in [0.25, 0.3) is 0 Å². The van der Waals surface area contributed by atoms with Crippen molar-refractivity contribution in [1.29, 1.82) is 0 Å². The van der Waals surface area contributed by atoms with E-state index in [2.05, 4.69) is 135 Å². The average Bonchev–Trinajstić information content (AvgIpc) is 3.38. The molecule has 0 aromatic heterocycles. The first-order valence-corrected chi connectivity index (χ1v) is 30.5. The van der Waals surface area contributed by atoms with Crippen molar-refractivity contribution in [2.24, 2.45) is 5.73 Å². The molecule has 3 N–H and O–H groups in total. The Morgan fingerprint density at radius 3 is 1.15 bits per heavy atom. The molecule has 73 heavy (non-hydrogen) atoms. The summed E-state index contributed by atoms with van der Waals surface area (Å²) in [4.78, 5) is 35.2. The van der Waals surface area contributed by atoms with Crippen molar-refractivity contribution in [2.45, 2.75) is 238 Å². The Hall–Kier alpha value is -3.59. The molecule has 0 bridgehead atoms. The lowest BCUT2D eigenvalue weighted by atomic mass is 10.1. The molecule has 0 aliphatic rings. The fourth-order valence-electron chi connectivity index (χ4n) is 7.56. The maximum atomic E-state index is 12.7. The maximum Gasteiger partial charge on any atom is 0.472 e. The summed E-state index contributed by atoms with van der Waals surface area (Å²) in [5.41, 5.74) is 5.38. The number of esters is 2. The monoisotopic (exact) mass is 1040 g/mol. The van der Waals surface area contributed by atoms with E-state index >= 15 is 0 Å². The number of rotatable bonds is 53. The SMILES string of the molecule is CC/C=C\C/C=C\C/C=C\C/C=C\C/C=C\C/C=C\C/C=C\C/C=C\C/C=C\CCCCCC(=O)OC(COC(=O)CCCCCCCCCCC/C=C\CCCCCCCCCC)COP(=O)(O)OCCN. The van der Waals surface area contributed by atoms with Crippen LogP contribution < -0.4 is 5.73 Å². The van der Waals surface area contributed by atoms with Gasteiger partial charge in [0.2, 0.25) is 0 Å². The predicted octanol–water partition coefficient (Wildman–Crippen LogP) is 18.4. The number of hydrogen-bond acceptors (Lipinski definition) is 8. The Morgan fingerprint density at radius 2 is 0.753 bits per heavy atom. The lowest BCUT2D eigenvalue weighted by molar-refractivity contribution is -0.161. The largest absolute Gasteiger partial charge is 0.472 e. The molecule has 0 radical (unpaired) electrons. The minimum absolute atomic E-state index is 0.0411. The van der Waals surface area contributed by atoms with Gasteiger partial charge in [0.1, 0.15) is 6.61 Å². The highest BCUT2D eigenvalue weighted by molar-refractivity contribution is 7.47. The summed E-state index contributed by atoms with van der Waals surface area (Å²) in [6, 6.07) is 0. The smallest absolute Gasteiger partial charge is 0.462 e. The van der Waals surface area contributed by atoms with Gasteiger partial charge in [-0.05, 0) is 109 Å². The summed E-state index contributed by atoms with van der Waals surface area (Å²) >= 11 is 0. The van der Waals surface area contributed by atoms with Gasteiger partial charge in [0, 0.05) is 19.4 Å². The van der Waals surface area contributed by atoms with Crippen LogP contribution in [0.3, 0.4) is 0 Å². The number of unbranched alkanes of at least 4 members (excludes halogenated alkanes) is 20. The van der Waals surface area contributed by atoms with Crippen molar-refractivity contribution >= 4 is 19.8 Å². The average molecular weight is 1040 g/mol. The number of phosphoric acid groups is 1. The minimum Gasteiger partial charge on any atom is -0.462 e. The number of hydrogen-bond donors (Lipinski definition) is 2.